The first-order chi connectivity index (χ1) is 8.76. The number of halogens is 4. The summed E-state index contributed by atoms with van der Waals surface area (Å²) in [7, 11) is 0. The molecule has 1 saturated heterocycles. The molecule has 1 amide bonds. The molecule has 0 bridgehead atoms. The molecule has 104 valence electrons. The number of carbonyl (C=O) groups excluding carboxylic acids is 1. The third-order valence-corrected chi connectivity index (χ3v) is 3.23. The van der Waals surface area contributed by atoms with Gasteiger partial charge in [0.2, 0.25) is 5.91 Å². The first-order valence-corrected chi connectivity index (χ1v) is 6.17. The van der Waals surface area contributed by atoms with Gasteiger partial charge >= 0.3 is 6.36 Å². The fraction of sp³-hybridized carbons (Fsp3) is 0.364. The van der Waals surface area contributed by atoms with Crippen molar-refractivity contribution in [2.75, 3.05) is 11.4 Å². The Hall–Kier alpha value is -1.28. The van der Waals surface area contributed by atoms with Gasteiger partial charge in [-0.05, 0) is 34.1 Å². The smallest absolute Gasteiger partial charge is 0.406 e. The number of amides is 1. The lowest BCUT2D eigenvalue weighted by Gasteiger charge is -2.18. The van der Waals surface area contributed by atoms with Gasteiger partial charge in [0.15, 0.2) is 0 Å². The largest absolute Gasteiger partial charge is 0.573 e. The van der Waals surface area contributed by atoms with E-state index in [1.54, 1.807) is 0 Å². The lowest BCUT2D eigenvalue weighted by Crippen LogP contribution is -2.28. The number of carbonyl (C=O) groups is 1. The minimum Gasteiger partial charge on any atom is -0.406 e. The third kappa shape index (κ3) is 3.38. The fourth-order valence-corrected chi connectivity index (χ4v) is 2.44. The molecule has 19 heavy (non-hydrogen) atoms. The molecule has 0 spiro atoms. The van der Waals surface area contributed by atoms with E-state index in [-0.39, 0.29) is 24.1 Å². The summed E-state index contributed by atoms with van der Waals surface area (Å²) in [5.74, 6) is -0.503. The van der Waals surface area contributed by atoms with E-state index in [0.29, 0.717) is 16.7 Å². The first kappa shape index (κ1) is 14.1. The third-order valence-electron chi connectivity index (χ3n) is 2.60. The van der Waals surface area contributed by atoms with Crippen molar-refractivity contribution in [3.05, 3.63) is 22.7 Å². The van der Waals surface area contributed by atoms with Gasteiger partial charge in [-0.2, -0.15) is 0 Å². The molecule has 0 radical (unpaired) electrons. The predicted octanol–water partition coefficient (Wildman–Crippen LogP) is 2.41. The highest BCUT2D eigenvalue weighted by molar-refractivity contribution is 9.10. The number of alkyl halides is 3. The molecular weight excluding hydrogens is 329 g/mol. The zero-order valence-corrected chi connectivity index (χ0v) is 11.2. The van der Waals surface area contributed by atoms with E-state index in [1.165, 1.54) is 17.0 Å². The Balaban J connectivity index is 2.22. The molecule has 2 N–H and O–H groups in total. The van der Waals surface area contributed by atoms with E-state index in [0.717, 1.165) is 6.07 Å². The summed E-state index contributed by atoms with van der Waals surface area (Å²) in [6.45, 7) is 0.344. The Kier molecular flexibility index (Phi) is 3.73. The number of hydrogen-bond donors (Lipinski definition) is 1. The van der Waals surface area contributed by atoms with Gasteiger partial charge in [0.1, 0.15) is 5.75 Å². The molecule has 1 aromatic carbocycles. The standard InChI is InChI=1S/C11H10BrF3N2O2/c12-8-4-7(19-11(13,14)15)1-2-9(8)17-5-6(16)3-10(17)18/h1-2,4,6H,3,5,16H2. The topological polar surface area (TPSA) is 55.6 Å². The van der Waals surface area contributed by atoms with Crippen molar-refractivity contribution in [3.63, 3.8) is 0 Å². The van der Waals surface area contributed by atoms with Crippen molar-refractivity contribution in [2.45, 2.75) is 18.8 Å². The van der Waals surface area contributed by atoms with Crippen LogP contribution in [0.3, 0.4) is 0 Å². The summed E-state index contributed by atoms with van der Waals surface area (Å²) < 4.78 is 40.3. The number of rotatable bonds is 2. The second kappa shape index (κ2) is 5.01. The minimum atomic E-state index is -4.74. The normalized spacial score (nSPS) is 19.9. The maximum atomic E-state index is 12.1. The average Bonchev–Trinajstić information content (AvgIpc) is 2.55. The van der Waals surface area contributed by atoms with Crippen LogP contribution in [-0.4, -0.2) is 24.9 Å². The summed E-state index contributed by atoms with van der Waals surface area (Å²) in [5.41, 5.74) is 6.14. The SMILES string of the molecule is NC1CC(=O)N(c2ccc(OC(F)(F)F)cc2Br)C1. The van der Waals surface area contributed by atoms with Crippen molar-refractivity contribution in [2.24, 2.45) is 5.73 Å². The van der Waals surface area contributed by atoms with Gasteiger partial charge < -0.3 is 15.4 Å². The Bertz CT molecular complexity index is 507. The van der Waals surface area contributed by atoms with E-state index < -0.39 is 6.36 Å². The first-order valence-electron chi connectivity index (χ1n) is 5.37. The van der Waals surface area contributed by atoms with Crippen molar-refractivity contribution < 1.29 is 22.7 Å². The molecule has 1 fully saturated rings. The summed E-state index contributed by atoms with van der Waals surface area (Å²) in [6, 6.07) is 3.46. The molecule has 1 aliphatic heterocycles. The fourth-order valence-electron chi connectivity index (χ4n) is 1.87. The zero-order valence-electron chi connectivity index (χ0n) is 9.58. The van der Waals surface area contributed by atoms with Crippen molar-refractivity contribution in [1.29, 1.82) is 0 Å². The molecule has 2 rings (SSSR count). The molecule has 1 heterocycles. The van der Waals surface area contributed by atoms with E-state index in [2.05, 4.69) is 20.7 Å². The van der Waals surface area contributed by atoms with E-state index >= 15 is 0 Å². The second-order valence-electron chi connectivity index (χ2n) is 4.13. The molecule has 1 atom stereocenters. The quantitative estimate of drug-likeness (QED) is 0.900. The Morgan fingerprint density at radius 3 is 2.58 bits per heavy atom. The molecular formula is C11H10BrF3N2O2. The van der Waals surface area contributed by atoms with Crippen LogP contribution in [0.4, 0.5) is 18.9 Å². The molecule has 0 aliphatic carbocycles. The van der Waals surface area contributed by atoms with Gasteiger partial charge in [-0.3, -0.25) is 4.79 Å². The summed E-state index contributed by atoms with van der Waals surface area (Å²) in [6.07, 6.45) is -4.51. The highest BCUT2D eigenvalue weighted by Gasteiger charge is 2.32. The summed E-state index contributed by atoms with van der Waals surface area (Å²) in [5, 5.41) is 0. The highest BCUT2D eigenvalue weighted by Crippen LogP contribution is 2.34. The van der Waals surface area contributed by atoms with Crippen molar-refractivity contribution in [1.82, 2.24) is 0 Å². The average molecular weight is 339 g/mol. The molecule has 1 aliphatic rings. The molecule has 0 aromatic heterocycles. The van der Waals surface area contributed by atoms with Crippen LogP contribution in [0.25, 0.3) is 0 Å². The Morgan fingerprint density at radius 2 is 2.11 bits per heavy atom. The number of nitrogens with two attached hydrogens (primary N) is 1. The van der Waals surface area contributed by atoms with Gasteiger partial charge in [-0.1, -0.05) is 0 Å². The van der Waals surface area contributed by atoms with Gasteiger partial charge in [0.05, 0.1) is 5.69 Å². The number of anilines is 1. The van der Waals surface area contributed by atoms with Crippen molar-refractivity contribution in [3.8, 4) is 5.75 Å². The van der Waals surface area contributed by atoms with Gasteiger partial charge in [0.25, 0.3) is 0 Å². The predicted molar refractivity (Wildman–Crippen MR) is 65.8 cm³/mol. The maximum absolute atomic E-state index is 12.1. The molecule has 1 unspecified atom stereocenters. The number of ether oxygens (including phenoxy) is 1. The van der Waals surface area contributed by atoms with Crippen LogP contribution in [0.5, 0.6) is 5.75 Å². The van der Waals surface area contributed by atoms with Crippen LogP contribution in [0.1, 0.15) is 6.42 Å². The zero-order chi connectivity index (χ0) is 14.2. The van der Waals surface area contributed by atoms with Crippen LogP contribution >= 0.6 is 15.9 Å². The van der Waals surface area contributed by atoms with E-state index in [4.69, 9.17) is 5.73 Å². The maximum Gasteiger partial charge on any atom is 0.573 e. The Morgan fingerprint density at radius 1 is 1.42 bits per heavy atom. The van der Waals surface area contributed by atoms with Crippen molar-refractivity contribution >= 4 is 27.5 Å². The van der Waals surface area contributed by atoms with Crippen LogP contribution < -0.4 is 15.4 Å². The van der Waals surface area contributed by atoms with Gasteiger partial charge in [-0.25, -0.2) is 0 Å². The Labute approximate surface area is 115 Å². The van der Waals surface area contributed by atoms with E-state index in [9.17, 15) is 18.0 Å². The van der Waals surface area contributed by atoms with Gasteiger partial charge in [-0.15, -0.1) is 13.2 Å². The second-order valence-corrected chi connectivity index (χ2v) is 4.98. The number of nitrogens with zero attached hydrogens (tertiary/aromatic N) is 1. The van der Waals surface area contributed by atoms with Crippen LogP contribution in [0, 0.1) is 0 Å². The minimum absolute atomic E-state index is 0.155. The summed E-state index contributed by atoms with van der Waals surface area (Å²) in [4.78, 5) is 13.1. The highest BCUT2D eigenvalue weighted by atomic mass is 79.9. The molecule has 0 saturated carbocycles. The van der Waals surface area contributed by atoms with Gasteiger partial charge in [0, 0.05) is 23.5 Å². The number of hydrogen-bond acceptors (Lipinski definition) is 3. The lowest BCUT2D eigenvalue weighted by atomic mass is 10.3. The molecule has 8 heteroatoms. The summed E-state index contributed by atoms with van der Waals surface area (Å²) >= 11 is 3.13. The monoisotopic (exact) mass is 338 g/mol. The molecule has 1 aromatic rings. The van der Waals surface area contributed by atoms with Crippen LogP contribution in [0.2, 0.25) is 0 Å². The lowest BCUT2D eigenvalue weighted by molar-refractivity contribution is -0.274. The van der Waals surface area contributed by atoms with Crippen LogP contribution in [-0.2, 0) is 4.79 Å². The molecule has 4 nitrogen and oxygen atoms in total. The number of benzene rings is 1. The van der Waals surface area contributed by atoms with E-state index in [1.807, 2.05) is 0 Å². The van der Waals surface area contributed by atoms with Crippen LogP contribution in [0.15, 0.2) is 22.7 Å².